The normalized spacial score (nSPS) is 19.7. The molecular weight excluding hydrogens is 308 g/mol. The first kappa shape index (κ1) is 16.9. The Balaban J connectivity index is 1.98. The second-order valence-electron chi connectivity index (χ2n) is 5.80. The molecule has 0 bridgehead atoms. The molecule has 22 heavy (non-hydrogen) atoms. The number of hydrogen-bond donors (Lipinski definition) is 1. The van der Waals surface area contributed by atoms with Gasteiger partial charge in [0, 0.05) is 25.4 Å². The third-order valence-corrected chi connectivity index (χ3v) is 4.72. The quantitative estimate of drug-likeness (QED) is 0.820. The number of aromatic nitrogens is 2. The minimum atomic E-state index is -3.28. The van der Waals surface area contributed by atoms with Gasteiger partial charge in [-0.05, 0) is 26.7 Å². The van der Waals surface area contributed by atoms with Crippen molar-refractivity contribution in [2.45, 2.75) is 51.6 Å². The van der Waals surface area contributed by atoms with E-state index < -0.39 is 10.0 Å². The summed E-state index contributed by atoms with van der Waals surface area (Å²) in [6, 6.07) is -0.274. The van der Waals surface area contributed by atoms with Crippen LogP contribution in [0.3, 0.4) is 0 Å². The highest BCUT2D eigenvalue weighted by Crippen LogP contribution is 2.32. The molecule has 0 spiro atoms. The van der Waals surface area contributed by atoms with E-state index in [9.17, 15) is 13.2 Å². The van der Waals surface area contributed by atoms with Crippen LogP contribution < -0.4 is 5.32 Å². The number of carbonyl (C=O) groups is 1. The number of amides is 1. The van der Waals surface area contributed by atoms with Gasteiger partial charge in [-0.15, -0.1) is 0 Å². The van der Waals surface area contributed by atoms with Crippen LogP contribution in [0, 0.1) is 0 Å². The van der Waals surface area contributed by atoms with Gasteiger partial charge >= 0.3 is 0 Å². The van der Waals surface area contributed by atoms with Gasteiger partial charge in [0.15, 0.2) is 5.82 Å². The van der Waals surface area contributed by atoms with Gasteiger partial charge in [0.05, 0.1) is 12.3 Å². The van der Waals surface area contributed by atoms with Crippen LogP contribution in [-0.2, 0) is 21.2 Å². The summed E-state index contributed by atoms with van der Waals surface area (Å²) >= 11 is 0. The lowest BCUT2D eigenvalue weighted by Gasteiger charge is -2.18. The highest BCUT2D eigenvalue weighted by molar-refractivity contribution is 7.88. The lowest BCUT2D eigenvalue weighted by Crippen LogP contribution is -2.30. The van der Waals surface area contributed by atoms with Gasteiger partial charge < -0.3 is 9.84 Å². The van der Waals surface area contributed by atoms with Crippen molar-refractivity contribution >= 4 is 15.9 Å². The number of sulfonamides is 1. The number of aryl methyl sites for hydroxylation is 1. The number of rotatable bonds is 6. The highest BCUT2D eigenvalue weighted by Gasteiger charge is 2.35. The fraction of sp³-hybridized carbons (Fsp3) is 0.769. The zero-order valence-electron chi connectivity index (χ0n) is 13.1. The Morgan fingerprint density at radius 2 is 2.23 bits per heavy atom. The minimum Gasteiger partial charge on any atom is -0.354 e. The number of nitrogens with zero attached hydrogens (tertiary/aromatic N) is 3. The summed E-state index contributed by atoms with van der Waals surface area (Å²) in [7, 11) is -3.28. The van der Waals surface area contributed by atoms with Gasteiger partial charge in [-0.3, -0.25) is 4.79 Å². The molecule has 8 nitrogen and oxygen atoms in total. The van der Waals surface area contributed by atoms with E-state index in [1.165, 1.54) is 10.6 Å². The van der Waals surface area contributed by atoms with E-state index in [1.54, 1.807) is 0 Å². The molecule has 0 aromatic carbocycles. The van der Waals surface area contributed by atoms with Crippen molar-refractivity contribution in [2.75, 3.05) is 12.8 Å². The Kier molecular flexibility index (Phi) is 5.17. The summed E-state index contributed by atoms with van der Waals surface area (Å²) in [6.45, 7) is 4.26. The molecule has 1 unspecified atom stereocenters. The molecule has 2 heterocycles. The summed E-state index contributed by atoms with van der Waals surface area (Å²) in [6.07, 6.45) is 3.25. The van der Waals surface area contributed by atoms with Crippen molar-refractivity contribution in [3.05, 3.63) is 11.7 Å². The predicted octanol–water partition coefficient (Wildman–Crippen LogP) is 0.623. The standard InChI is InChI=1S/C13H22N4O4S/c1-9(2)14-11(18)6-7-12-15-13(16-21-12)10-5-4-8-17(10)22(3,19)20/h9-10H,4-8H2,1-3H3,(H,14,18). The maximum absolute atomic E-state index is 11.7. The fourth-order valence-corrected chi connectivity index (χ4v) is 3.64. The lowest BCUT2D eigenvalue weighted by molar-refractivity contribution is -0.121. The minimum absolute atomic E-state index is 0.0756. The Labute approximate surface area is 130 Å². The second kappa shape index (κ2) is 6.74. The average molecular weight is 330 g/mol. The van der Waals surface area contributed by atoms with Gasteiger partial charge in [0.1, 0.15) is 0 Å². The Morgan fingerprint density at radius 1 is 1.50 bits per heavy atom. The van der Waals surface area contributed by atoms with Crippen LogP contribution in [0.5, 0.6) is 0 Å². The van der Waals surface area contributed by atoms with E-state index in [0.717, 1.165) is 6.42 Å². The van der Waals surface area contributed by atoms with E-state index in [1.807, 2.05) is 13.8 Å². The van der Waals surface area contributed by atoms with Gasteiger partial charge in [-0.2, -0.15) is 9.29 Å². The van der Waals surface area contributed by atoms with E-state index in [0.29, 0.717) is 31.1 Å². The van der Waals surface area contributed by atoms with E-state index in [2.05, 4.69) is 15.5 Å². The van der Waals surface area contributed by atoms with Crippen LogP contribution in [0.2, 0.25) is 0 Å². The van der Waals surface area contributed by atoms with Crippen LogP contribution in [0.1, 0.15) is 50.9 Å². The molecule has 0 saturated carbocycles. The largest absolute Gasteiger partial charge is 0.354 e. The van der Waals surface area contributed by atoms with Crippen molar-refractivity contribution in [2.24, 2.45) is 0 Å². The maximum Gasteiger partial charge on any atom is 0.227 e. The molecule has 1 N–H and O–H groups in total. The van der Waals surface area contributed by atoms with Gasteiger partial charge in [0.25, 0.3) is 0 Å². The van der Waals surface area contributed by atoms with Crippen molar-refractivity contribution < 1.29 is 17.7 Å². The average Bonchev–Trinajstić information content (AvgIpc) is 3.03. The van der Waals surface area contributed by atoms with E-state index in [4.69, 9.17) is 4.52 Å². The Morgan fingerprint density at radius 3 is 2.86 bits per heavy atom. The number of hydrogen-bond acceptors (Lipinski definition) is 6. The number of carbonyl (C=O) groups excluding carboxylic acids is 1. The van der Waals surface area contributed by atoms with Crippen LogP contribution in [0.4, 0.5) is 0 Å². The van der Waals surface area contributed by atoms with Crippen molar-refractivity contribution in [1.29, 1.82) is 0 Å². The molecule has 1 amide bonds. The number of nitrogens with one attached hydrogen (secondary N) is 1. The van der Waals surface area contributed by atoms with E-state index >= 15 is 0 Å². The summed E-state index contributed by atoms with van der Waals surface area (Å²) in [5, 5.41) is 6.66. The monoisotopic (exact) mass is 330 g/mol. The smallest absolute Gasteiger partial charge is 0.227 e. The third kappa shape index (κ3) is 4.26. The molecule has 0 aliphatic carbocycles. The molecule has 2 rings (SSSR count). The first-order valence-electron chi connectivity index (χ1n) is 7.36. The molecule has 0 radical (unpaired) electrons. The SMILES string of the molecule is CC(C)NC(=O)CCc1nc(C2CCCN2S(C)(=O)=O)no1. The van der Waals surface area contributed by atoms with Gasteiger partial charge in [-0.1, -0.05) is 5.16 Å². The van der Waals surface area contributed by atoms with Crippen LogP contribution in [0.15, 0.2) is 4.52 Å². The molecule has 9 heteroatoms. The first-order chi connectivity index (χ1) is 10.3. The zero-order chi connectivity index (χ0) is 16.3. The summed E-state index contributed by atoms with van der Waals surface area (Å²) in [4.78, 5) is 15.8. The summed E-state index contributed by atoms with van der Waals surface area (Å²) < 4.78 is 30.0. The molecule has 1 aliphatic rings. The topological polar surface area (TPSA) is 105 Å². The highest BCUT2D eigenvalue weighted by atomic mass is 32.2. The molecule has 1 aromatic rings. The Bertz CT molecular complexity index is 626. The second-order valence-corrected chi connectivity index (χ2v) is 7.74. The van der Waals surface area contributed by atoms with Crippen LogP contribution in [0.25, 0.3) is 0 Å². The summed E-state index contributed by atoms with van der Waals surface area (Å²) in [5.74, 6) is 0.657. The van der Waals surface area contributed by atoms with Crippen LogP contribution in [-0.4, -0.2) is 47.6 Å². The lowest BCUT2D eigenvalue weighted by atomic mass is 10.2. The first-order valence-corrected chi connectivity index (χ1v) is 9.21. The van der Waals surface area contributed by atoms with Gasteiger partial charge in [0.2, 0.25) is 21.8 Å². The molecule has 1 fully saturated rings. The molecule has 1 saturated heterocycles. The zero-order valence-corrected chi connectivity index (χ0v) is 13.9. The van der Waals surface area contributed by atoms with Gasteiger partial charge in [-0.25, -0.2) is 8.42 Å². The molecule has 1 aromatic heterocycles. The predicted molar refractivity (Wildman–Crippen MR) is 79.4 cm³/mol. The van der Waals surface area contributed by atoms with Crippen molar-refractivity contribution in [3.63, 3.8) is 0 Å². The third-order valence-electron chi connectivity index (χ3n) is 3.43. The van der Waals surface area contributed by atoms with Crippen molar-refractivity contribution in [1.82, 2.24) is 19.8 Å². The van der Waals surface area contributed by atoms with Crippen molar-refractivity contribution in [3.8, 4) is 0 Å². The molecule has 1 atom stereocenters. The fourth-order valence-electron chi connectivity index (χ4n) is 2.51. The summed E-state index contributed by atoms with van der Waals surface area (Å²) in [5.41, 5.74) is 0. The van der Waals surface area contributed by atoms with E-state index in [-0.39, 0.29) is 24.4 Å². The van der Waals surface area contributed by atoms with Crippen LogP contribution >= 0.6 is 0 Å². The maximum atomic E-state index is 11.7. The molecule has 1 aliphatic heterocycles. The molecule has 124 valence electrons. The molecular formula is C13H22N4O4S. The Hall–Kier alpha value is -1.48.